The largest absolute Gasteiger partial charge is 0.412 e. The fraction of sp³-hybridized carbons (Fsp3) is 0. The SMILES string of the molecule is O.[Hf].[SiH4].[Zr]. The Kier molecular flexibility index (Phi) is 198. The third-order valence-electron chi connectivity index (χ3n) is 0. The summed E-state index contributed by atoms with van der Waals surface area (Å²) in [6.07, 6.45) is 0. The van der Waals surface area contributed by atoms with Crippen molar-refractivity contribution >= 4 is 11.0 Å². The number of rotatable bonds is 0. The van der Waals surface area contributed by atoms with Crippen molar-refractivity contribution in [2.75, 3.05) is 0 Å². The minimum absolute atomic E-state index is 0. The molecule has 0 unspecified atom stereocenters. The van der Waals surface area contributed by atoms with Gasteiger partial charge in [-0.05, 0) is 11.0 Å². The average molecular weight is 320 g/mol. The van der Waals surface area contributed by atoms with E-state index in [0.29, 0.717) is 0 Å². The summed E-state index contributed by atoms with van der Waals surface area (Å²) in [5.74, 6) is 0. The zero-order valence-corrected chi connectivity index (χ0v) is 7.55. The van der Waals surface area contributed by atoms with Crippen LogP contribution in [0.5, 0.6) is 0 Å². The smallest absolute Gasteiger partial charge is 0 e. The fourth-order valence-corrected chi connectivity index (χ4v) is 0. The Balaban J connectivity index is 0. The molecule has 0 saturated carbocycles. The molecule has 0 rings (SSSR count). The van der Waals surface area contributed by atoms with E-state index in [0.717, 1.165) is 0 Å². The Bertz CT molecular complexity index is 8.00. The first-order chi connectivity index (χ1) is 0. The molecule has 0 heterocycles. The summed E-state index contributed by atoms with van der Waals surface area (Å²) in [5, 5.41) is 0. The first-order valence-corrected chi connectivity index (χ1v) is 0. The Morgan fingerprint density at radius 2 is 1.00 bits per heavy atom. The molecule has 0 bridgehead atoms. The van der Waals surface area contributed by atoms with Crippen LogP contribution >= 0.6 is 0 Å². The summed E-state index contributed by atoms with van der Waals surface area (Å²) in [5.41, 5.74) is 0. The molecule has 4 heavy (non-hydrogen) atoms. The molecule has 0 aliphatic carbocycles. The Morgan fingerprint density at radius 3 is 1.00 bits per heavy atom. The van der Waals surface area contributed by atoms with E-state index in [2.05, 4.69) is 0 Å². The van der Waals surface area contributed by atoms with Gasteiger partial charge < -0.3 is 5.48 Å². The first-order valence-electron chi connectivity index (χ1n) is 0. The summed E-state index contributed by atoms with van der Waals surface area (Å²) in [7, 11) is 0. The summed E-state index contributed by atoms with van der Waals surface area (Å²) in [6, 6.07) is 0. The van der Waals surface area contributed by atoms with E-state index in [1.807, 2.05) is 0 Å². The van der Waals surface area contributed by atoms with E-state index in [4.69, 9.17) is 0 Å². The van der Waals surface area contributed by atoms with Crippen molar-refractivity contribution in [2.24, 2.45) is 0 Å². The van der Waals surface area contributed by atoms with Crippen LogP contribution in [0, 0.1) is 0 Å². The minimum atomic E-state index is 0. The van der Waals surface area contributed by atoms with Crippen LogP contribution in [-0.4, -0.2) is 16.4 Å². The van der Waals surface area contributed by atoms with Gasteiger partial charge >= 0.3 is 0 Å². The molecule has 1 nitrogen and oxygen atoms in total. The summed E-state index contributed by atoms with van der Waals surface area (Å²) in [4.78, 5) is 0. The van der Waals surface area contributed by atoms with Gasteiger partial charge in [-0.2, -0.15) is 0 Å². The van der Waals surface area contributed by atoms with Gasteiger partial charge in [0, 0.05) is 52.0 Å². The normalized spacial score (nSPS) is 0. The van der Waals surface area contributed by atoms with Crippen LogP contribution in [0.25, 0.3) is 0 Å². The van der Waals surface area contributed by atoms with Gasteiger partial charge in [-0.15, -0.1) is 0 Å². The van der Waals surface area contributed by atoms with Crippen molar-refractivity contribution in [3.05, 3.63) is 0 Å². The van der Waals surface area contributed by atoms with Gasteiger partial charge in [0.1, 0.15) is 0 Å². The van der Waals surface area contributed by atoms with Gasteiger partial charge in [-0.1, -0.05) is 0 Å². The second-order valence-corrected chi connectivity index (χ2v) is 0. The van der Waals surface area contributed by atoms with Crippen molar-refractivity contribution < 1.29 is 57.5 Å². The van der Waals surface area contributed by atoms with E-state index in [-0.39, 0.29) is 68.5 Å². The standard InChI is InChI=1S/Hf.H2O.H4Si.Zr/h;1H2;1H4;. The molecule has 24 valence electrons. The second-order valence-electron chi connectivity index (χ2n) is 0. The van der Waals surface area contributed by atoms with Gasteiger partial charge in [0.2, 0.25) is 0 Å². The average Bonchev–Trinajstić information content (AvgIpc) is 0. The predicted molar refractivity (Wildman–Crippen MR) is 14.9 cm³/mol. The van der Waals surface area contributed by atoms with Crippen molar-refractivity contribution in [1.82, 2.24) is 0 Å². The maximum atomic E-state index is 0. The predicted octanol–water partition coefficient (Wildman–Crippen LogP) is -2.28. The first kappa shape index (κ1) is 38.7. The summed E-state index contributed by atoms with van der Waals surface area (Å²) >= 11 is 0. The van der Waals surface area contributed by atoms with E-state index in [9.17, 15) is 0 Å². The maximum absolute atomic E-state index is 0. The van der Waals surface area contributed by atoms with Crippen LogP contribution < -0.4 is 0 Å². The molecular weight excluding hydrogens is 314 g/mol. The molecule has 0 aromatic carbocycles. The molecule has 0 amide bonds. The molecule has 0 aromatic heterocycles. The van der Waals surface area contributed by atoms with Crippen LogP contribution in [0.3, 0.4) is 0 Å². The monoisotopic (exact) mass is 320 g/mol. The van der Waals surface area contributed by atoms with Crippen molar-refractivity contribution in [2.45, 2.75) is 0 Å². The molecule has 0 aromatic rings. The van der Waals surface area contributed by atoms with Gasteiger partial charge in [-0.25, -0.2) is 0 Å². The van der Waals surface area contributed by atoms with Crippen LogP contribution in [0.15, 0.2) is 0 Å². The second kappa shape index (κ2) is 20.4. The van der Waals surface area contributed by atoms with Crippen molar-refractivity contribution in [3.63, 3.8) is 0 Å². The zero-order chi connectivity index (χ0) is 0. The van der Waals surface area contributed by atoms with Crippen LogP contribution in [-0.2, 0) is 52.0 Å². The summed E-state index contributed by atoms with van der Waals surface area (Å²) < 4.78 is 0. The van der Waals surface area contributed by atoms with E-state index < -0.39 is 0 Å². The number of hydrogen-bond donors (Lipinski definition) is 0. The molecule has 0 radical (unpaired) electrons. The molecule has 0 spiro atoms. The summed E-state index contributed by atoms with van der Waals surface area (Å²) in [6.45, 7) is 0. The topological polar surface area (TPSA) is 31.5 Å². The third-order valence-corrected chi connectivity index (χ3v) is 0. The van der Waals surface area contributed by atoms with Crippen molar-refractivity contribution in [1.29, 1.82) is 0 Å². The molecule has 0 fully saturated rings. The fourth-order valence-electron chi connectivity index (χ4n) is 0. The van der Waals surface area contributed by atoms with E-state index >= 15 is 0 Å². The van der Waals surface area contributed by atoms with E-state index in [1.54, 1.807) is 0 Å². The molecule has 0 atom stereocenters. The zero-order valence-electron chi connectivity index (χ0n) is 1.50. The molecule has 4 heteroatoms. The Morgan fingerprint density at radius 1 is 1.00 bits per heavy atom. The molecule has 0 saturated heterocycles. The van der Waals surface area contributed by atoms with Crippen molar-refractivity contribution in [3.8, 4) is 0 Å². The van der Waals surface area contributed by atoms with Crippen LogP contribution in [0.1, 0.15) is 0 Å². The Hall–Kier alpha value is 1.93. The van der Waals surface area contributed by atoms with Crippen LogP contribution in [0.4, 0.5) is 0 Å². The molecule has 0 aliphatic heterocycles. The quantitative estimate of drug-likeness (QED) is 0.451. The third kappa shape index (κ3) is 9.06. The molecular formula is H6HfOSiZr. The van der Waals surface area contributed by atoms with Gasteiger partial charge in [0.05, 0.1) is 0 Å². The molecule has 2 N–H and O–H groups in total. The Labute approximate surface area is 67.8 Å². The maximum Gasteiger partial charge on any atom is 0 e. The van der Waals surface area contributed by atoms with E-state index in [1.165, 1.54) is 0 Å². The van der Waals surface area contributed by atoms with Crippen LogP contribution in [0.2, 0.25) is 0 Å². The number of hydrogen-bond acceptors (Lipinski definition) is 0. The van der Waals surface area contributed by atoms with Gasteiger partial charge in [-0.3, -0.25) is 0 Å². The van der Waals surface area contributed by atoms with Gasteiger partial charge in [0.25, 0.3) is 0 Å². The molecule has 0 aliphatic rings. The minimum Gasteiger partial charge on any atom is -0.412 e. The van der Waals surface area contributed by atoms with Gasteiger partial charge in [0.15, 0.2) is 0 Å².